The van der Waals surface area contributed by atoms with Gasteiger partial charge in [0.1, 0.15) is 18.1 Å². The topological polar surface area (TPSA) is 84.9 Å². The summed E-state index contributed by atoms with van der Waals surface area (Å²) in [4.78, 5) is 12.0. The van der Waals surface area contributed by atoms with Gasteiger partial charge in [-0.25, -0.2) is 8.42 Å². The molecule has 10 heteroatoms. The number of nitrogens with zero attached hydrogens (tertiary/aromatic N) is 1. The van der Waals surface area contributed by atoms with E-state index < -0.39 is 10.0 Å². The number of methoxy groups -OCH3 is 1. The zero-order chi connectivity index (χ0) is 22.1. The number of anilines is 1. The summed E-state index contributed by atoms with van der Waals surface area (Å²) in [7, 11) is -2.01. The molecule has 0 fully saturated rings. The van der Waals surface area contributed by atoms with Gasteiger partial charge in [0.25, 0.3) is 0 Å². The molecule has 1 amide bonds. The Kier molecular flexibility index (Phi) is 9.08. The number of halogens is 2. The second kappa shape index (κ2) is 11.3. The van der Waals surface area contributed by atoms with Crippen LogP contribution in [-0.2, 0) is 14.8 Å². The predicted octanol–water partition coefficient (Wildman–Crippen LogP) is 3.74. The van der Waals surface area contributed by atoms with Crippen LogP contribution in [0.25, 0.3) is 0 Å². The van der Waals surface area contributed by atoms with Crippen LogP contribution in [0.1, 0.15) is 12.8 Å². The molecule has 0 saturated heterocycles. The average molecular weight is 475 g/mol. The van der Waals surface area contributed by atoms with Crippen LogP contribution in [0.2, 0.25) is 10.0 Å². The molecule has 2 rings (SSSR count). The fourth-order valence-corrected chi connectivity index (χ4v) is 4.09. The number of sulfonamides is 1. The third kappa shape index (κ3) is 7.27. The normalized spacial score (nSPS) is 11.1. The summed E-state index contributed by atoms with van der Waals surface area (Å²) in [5, 5.41) is 3.16. The lowest BCUT2D eigenvalue weighted by atomic mass is 10.2. The minimum absolute atomic E-state index is 0.104. The molecular weight excluding hydrogens is 451 g/mol. The molecule has 0 spiro atoms. The van der Waals surface area contributed by atoms with Crippen LogP contribution in [0.15, 0.2) is 42.5 Å². The molecule has 1 N–H and O–H groups in total. The zero-order valence-electron chi connectivity index (χ0n) is 16.7. The minimum atomic E-state index is -3.58. The van der Waals surface area contributed by atoms with Crippen molar-refractivity contribution < 1.29 is 22.7 Å². The lowest BCUT2D eigenvalue weighted by Crippen LogP contribution is -2.33. The molecule has 30 heavy (non-hydrogen) atoms. The first kappa shape index (κ1) is 24.1. The quantitative estimate of drug-likeness (QED) is 0.501. The van der Waals surface area contributed by atoms with Crippen molar-refractivity contribution >= 4 is 44.8 Å². The van der Waals surface area contributed by atoms with Crippen LogP contribution < -0.4 is 19.1 Å². The molecule has 7 nitrogen and oxygen atoms in total. The Hall–Kier alpha value is -2.16. The van der Waals surface area contributed by atoms with Gasteiger partial charge in [0.05, 0.1) is 35.6 Å². The number of ether oxygens (including phenoxy) is 2. The number of carbonyl (C=O) groups excluding carboxylic acids is 1. The molecule has 0 aliphatic rings. The smallest absolute Gasteiger partial charge is 0.232 e. The Bertz CT molecular complexity index is 969. The Labute approximate surface area is 186 Å². The van der Waals surface area contributed by atoms with Crippen molar-refractivity contribution in [1.82, 2.24) is 5.32 Å². The zero-order valence-corrected chi connectivity index (χ0v) is 19.1. The van der Waals surface area contributed by atoms with E-state index in [-0.39, 0.29) is 28.9 Å². The molecule has 0 unspecified atom stereocenters. The van der Waals surface area contributed by atoms with E-state index in [9.17, 15) is 13.2 Å². The van der Waals surface area contributed by atoms with E-state index in [1.807, 2.05) is 12.1 Å². The van der Waals surface area contributed by atoms with Crippen molar-refractivity contribution in [3.8, 4) is 11.5 Å². The lowest BCUT2D eigenvalue weighted by Gasteiger charge is -2.23. The fraction of sp³-hybridized carbons (Fsp3) is 0.350. The number of benzene rings is 2. The van der Waals surface area contributed by atoms with Crippen LogP contribution in [0.4, 0.5) is 5.69 Å². The summed E-state index contributed by atoms with van der Waals surface area (Å²) in [6.45, 7) is 0.727. The van der Waals surface area contributed by atoms with Gasteiger partial charge in [-0.05, 0) is 30.7 Å². The summed E-state index contributed by atoms with van der Waals surface area (Å²) < 4.78 is 36.2. The average Bonchev–Trinajstić information content (AvgIpc) is 2.70. The van der Waals surface area contributed by atoms with Crippen molar-refractivity contribution in [2.45, 2.75) is 12.8 Å². The first-order chi connectivity index (χ1) is 14.2. The van der Waals surface area contributed by atoms with Gasteiger partial charge in [-0.1, -0.05) is 35.3 Å². The molecular formula is C20H24Cl2N2O5S. The summed E-state index contributed by atoms with van der Waals surface area (Å²) in [5.41, 5.74) is 0.291. The standard InChI is InChI=1S/C20H24Cl2N2O5S/c1-28-15-6-3-7-16(14-15)29-13-11-23-19(25)10-5-12-24(30(2,26)27)18-9-4-8-17(21)20(18)22/h3-4,6-9,14H,5,10-13H2,1-2H3,(H,23,25). The second-order valence-corrected chi connectivity index (χ2v) is 9.08. The van der Waals surface area contributed by atoms with Crippen LogP contribution in [0, 0.1) is 0 Å². The SMILES string of the molecule is COc1cccc(OCCNC(=O)CCCN(c2cccc(Cl)c2Cl)S(C)(=O)=O)c1. The molecule has 0 saturated carbocycles. The van der Waals surface area contributed by atoms with Gasteiger partial charge in [-0.15, -0.1) is 0 Å². The number of rotatable bonds is 11. The molecule has 0 radical (unpaired) electrons. The second-order valence-electron chi connectivity index (χ2n) is 6.39. The van der Waals surface area contributed by atoms with Crippen molar-refractivity contribution in [1.29, 1.82) is 0 Å². The van der Waals surface area contributed by atoms with Gasteiger partial charge in [-0.3, -0.25) is 9.10 Å². The van der Waals surface area contributed by atoms with E-state index in [2.05, 4.69) is 5.32 Å². The number of amides is 1. The van der Waals surface area contributed by atoms with Gasteiger partial charge in [0.15, 0.2) is 0 Å². The molecule has 0 bridgehead atoms. The summed E-state index contributed by atoms with van der Waals surface area (Å²) >= 11 is 12.1. The summed E-state index contributed by atoms with van der Waals surface area (Å²) in [6.07, 6.45) is 1.56. The molecule has 0 heterocycles. The summed E-state index contributed by atoms with van der Waals surface area (Å²) in [5.74, 6) is 1.13. The van der Waals surface area contributed by atoms with Gasteiger partial charge in [-0.2, -0.15) is 0 Å². The fourth-order valence-electron chi connectivity index (χ4n) is 2.67. The highest BCUT2D eigenvalue weighted by molar-refractivity contribution is 7.92. The Morgan fingerprint density at radius 3 is 2.53 bits per heavy atom. The maximum Gasteiger partial charge on any atom is 0.232 e. The van der Waals surface area contributed by atoms with Crippen LogP contribution >= 0.6 is 23.2 Å². The van der Waals surface area contributed by atoms with Gasteiger partial charge >= 0.3 is 0 Å². The van der Waals surface area contributed by atoms with Crippen LogP contribution in [-0.4, -0.2) is 47.4 Å². The van der Waals surface area contributed by atoms with Gasteiger partial charge in [0, 0.05) is 19.0 Å². The monoisotopic (exact) mass is 474 g/mol. The van der Waals surface area contributed by atoms with E-state index >= 15 is 0 Å². The van der Waals surface area contributed by atoms with Crippen molar-refractivity contribution in [3.63, 3.8) is 0 Å². The van der Waals surface area contributed by atoms with E-state index in [1.165, 1.54) is 0 Å². The number of carbonyl (C=O) groups is 1. The Morgan fingerprint density at radius 1 is 1.13 bits per heavy atom. The third-order valence-electron chi connectivity index (χ3n) is 4.10. The third-order valence-corrected chi connectivity index (χ3v) is 6.09. The first-order valence-electron chi connectivity index (χ1n) is 9.17. The van der Waals surface area contributed by atoms with Crippen molar-refractivity contribution in [2.75, 3.05) is 37.4 Å². The highest BCUT2D eigenvalue weighted by atomic mass is 35.5. The highest BCUT2D eigenvalue weighted by Gasteiger charge is 2.21. The van der Waals surface area contributed by atoms with E-state index in [0.29, 0.717) is 36.8 Å². The number of hydrogen-bond acceptors (Lipinski definition) is 5. The van der Waals surface area contributed by atoms with E-state index in [0.717, 1.165) is 10.6 Å². The highest BCUT2D eigenvalue weighted by Crippen LogP contribution is 2.33. The molecule has 164 valence electrons. The van der Waals surface area contributed by atoms with E-state index in [4.69, 9.17) is 32.7 Å². The maximum absolute atomic E-state index is 12.2. The van der Waals surface area contributed by atoms with Crippen molar-refractivity contribution in [2.24, 2.45) is 0 Å². The molecule has 0 aromatic heterocycles. The molecule has 0 atom stereocenters. The summed E-state index contributed by atoms with van der Waals surface area (Å²) in [6, 6.07) is 11.9. The Morgan fingerprint density at radius 2 is 1.83 bits per heavy atom. The van der Waals surface area contributed by atoms with Gasteiger partial charge < -0.3 is 14.8 Å². The van der Waals surface area contributed by atoms with E-state index in [1.54, 1.807) is 37.4 Å². The number of hydrogen-bond donors (Lipinski definition) is 1. The number of nitrogens with one attached hydrogen (secondary N) is 1. The van der Waals surface area contributed by atoms with Crippen molar-refractivity contribution in [3.05, 3.63) is 52.5 Å². The van der Waals surface area contributed by atoms with Crippen LogP contribution in [0.3, 0.4) is 0 Å². The lowest BCUT2D eigenvalue weighted by molar-refractivity contribution is -0.121. The van der Waals surface area contributed by atoms with Crippen LogP contribution in [0.5, 0.6) is 11.5 Å². The molecule has 0 aliphatic carbocycles. The molecule has 2 aromatic carbocycles. The predicted molar refractivity (Wildman–Crippen MR) is 119 cm³/mol. The maximum atomic E-state index is 12.2. The first-order valence-corrected chi connectivity index (χ1v) is 11.8. The Balaban J connectivity index is 1.79. The van der Waals surface area contributed by atoms with Gasteiger partial charge in [0.2, 0.25) is 15.9 Å². The molecule has 2 aromatic rings. The largest absolute Gasteiger partial charge is 0.497 e. The molecule has 0 aliphatic heterocycles. The minimum Gasteiger partial charge on any atom is -0.497 e.